The number of thioether (sulfide) groups is 1. The van der Waals surface area contributed by atoms with E-state index in [9.17, 15) is 9.59 Å². The second-order valence-electron chi connectivity index (χ2n) is 7.02. The number of aromatic nitrogens is 2. The molecule has 1 atom stereocenters. The van der Waals surface area contributed by atoms with Crippen molar-refractivity contribution >= 4 is 40.2 Å². The van der Waals surface area contributed by atoms with Gasteiger partial charge in [0.15, 0.2) is 5.16 Å². The number of carbonyl (C=O) groups is 1. The first-order valence-corrected chi connectivity index (χ1v) is 11.1. The first-order valence-electron chi connectivity index (χ1n) is 9.78. The lowest BCUT2D eigenvalue weighted by Crippen LogP contribution is -2.29. The summed E-state index contributed by atoms with van der Waals surface area (Å²) in [6.45, 7) is 1.94. The number of hydrogen-bond donors (Lipinski definition) is 1. The monoisotopic (exact) mass is 449 g/mol. The first-order chi connectivity index (χ1) is 15.0. The van der Waals surface area contributed by atoms with Crippen molar-refractivity contribution < 1.29 is 4.79 Å². The van der Waals surface area contributed by atoms with E-state index in [1.54, 1.807) is 42.5 Å². The Labute approximate surface area is 189 Å². The zero-order valence-electron chi connectivity index (χ0n) is 16.8. The van der Waals surface area contributed by atoms with Crippen LogP contribution < -0.4 is 10.9 Å². The third-order valence-electron chi connectivity index (χ3n) is 4.82. The lowest BCUT2D eigenvalue weighted by atomic mass is 10.1. The summed E-state index contributed by atoms with van der Waals surface area (Å²) in [5.41, 5.74) is 2.02. The van der Waals surface area contributed by atoms with Gasteiger partial charge >= 0.3 is 0 Å². The number of nitrogens with one attached hydrogen (secondary N) is 1. The molecule has 4 rings (SSSR count). The van der Waals surface area contributed by atoms with Gasteiger partial charge in [0.05, 0.1) is 28.4 Å². The predicted octanol–water partition coefficient (Wildman–Crippen LogP) is 5.01. The van der Waals surface area contributed by atoms with E-state index in [-0.39, 0.29) is 23.3 Å². The molecule has 0 saturated carbocycles. The number of halogens is 1. The van der Waals surface area contributed by atoms with Gasteiger partial charge in [-0.1, -0.05) is 71.9 Å². The molecule has 0 aliphatic heterocycles. The molecule has 0 aliphatic carbocycles. The Bertz CT molecular complexity index is 1290. The summed E-state index contributed by atoms with van der Waals surface area (Å²) in [6.07, 6.45) is 0. The molecule has 0 bridgehead atoms. The largest absolute Gasteiger partial charge is 0.349 e. The van der Waals surface area contributed by atoms with Gasteiger partial charge in [0, 0.05) is 5.02 Å². The predicted molar refractivity (Wildman–Crippen MR) is 126 cm³/mol. The number of para-hydroxylation sites is 1. The molecule has 0 aliphatic rings. The van der Waals surface area contributed by atoms with Crippen LogP contribution in [0.3, 0.4) is 0 Å². The highest BCUT2D eigenvalue weighted by Crippen LogP contribution is 2.23. The van der Waals surface area contributed by atoms with Crippen molar-refractivity contribution in [1.82, 2.24) is 14.9 Å². The van der Waals surface area contributed by atoms with Crippen molar-refractivity contribution in [1.29, 1.82) is 0 Å². The summed E-state index contributed by atoms with van der Waals surface area (Å²) in [4.78, 5) is 30.5. The summed E-state index contributed by atoms with van der Waals surface area (Å²) in [5, 5.41) is 4.45. The average Bonchev–Trinajstić information content (AvgIpc) is 2.78. The highest BCUT2D eigenvalue weighted by atomic mass is 35.5. The molecule has 1 aromatic heterocycles. The second kappa shape index (κ2) is 9.37. The number of hydrogen-bond acceptors (Lipinski definition) is 4. The third-order valence-corrected chi connectivity index (χ3v) is 5.99. The standard InChI is InChI=1S/C24H20ClN3O2S/c1-16(17-8-3-2-4-9-17)26-22(29)15-31-24-27-21-13-6-5-12-20(21)23(30)28(24)19-11-7-10-18(25)14-19/h2-14,16H,15H2,1H3,(H,26,29)/t16-/m0/s1. The van der Waals surface area contributed by atoms with E-state index in [0.29, 0.717) is 26.8 Å². The Hall–Kier alpha value is -3.09. The third kappa shape index (κ3) is 4.81. The van der Waals surface area contributed by atoms with Crippen molar-refractivity contribution in [3.8, 4) is 5.69 Å². The van der Waals surface area contributed by atoms with E-state index in [0.717, 1.165) is 5.56 Å². The van der Waals surface area contributed by atoms with Crippen molar-refractivity contribution in [2.24, 2.45) is 0 Å². The molecular formula is C24H20ClN3O2S. The number of carbonyl (C=O) groups excluding carboxylic acids is 1. The summed E-state index contributed by atoms with van der Waals surface area (Å²) in [5.74, 6) is -0.0101. The lowest BCUT2D eigenvalue weighted by Gasteiger charge is -2.16. The van der Waals surface area contributed by atoms with Gasteiger partial charge in [-0.3, -0.25) is 14.2 Å². The van der Waals surface area contributed by atoms with Crippen LogP contribution in [0.2, 0.25) is 5.02 Å². The molecule has 1 amide bonds. The highest BCUT2D eigenvalue weighted by Gasteiger charge is 2.16. The summed E-state index contributed by atoms with van der Waals surface area (Å²) in [7, 11) is 0. The zero-order valence-corrected chi connectivity index (χ0v) is 18.4. The minimum atomic E-state index is -0.201. The second-order valence-corrected chi connectivity index (χ2v) is 8.40. The normalized spacial score (nSPS) is 11.9. The number of benzene rings is 3. The highest BCUT2D eigenvalue weighted by molar-refractivity contribution is 7.99. The zero-order chi connectivity index (χ0) is 21.8. The van der Waals surface area contributed by atoms with E-state index in [1.165, 1.54) is 16.3 Å². The van der Waals surface area contributed by atoms with Gasteiger partial charge < -0.3 is 5.32 Å². The van der Waals surface area contributed by atoms with Crippen LogP contribution in [0.4, 0.5) is 0 Å². The van der Waals surface area contributed by atoms with E-state index >= 15 is 0 Å². The Kier molecular flexibility index (Phi) is 6.39. The van der Waals surface area contributed by atoms with E-state index in [2.05, 4.69) is 10.3 Å². The summed E-state index contributed by atoms with van der Waals surface area (Å²) in [6, 6.07) is 23.9. The maximum atomic E-state index is 13.2. The minimum Gasteiger partial charge on any atom is -0.349 e. The molecule has 0 unspecified atom stereocenters. The van der Waals surface area contributed by atoms with Crippen molar-refractivity contribution in [2.75, 3.05) is 5.75 Å². The van der Waals surface area contributed by atoms with Crippen LogP contribution in [-0.2, 0) is 4.79 Å². The number of nitrogens with zero attached hydrogens (tertiary/aromatic N) is 2. The molecule has 0 fully saturated rings. The van der Waals surface area contributed by atoms with Crippen molar-refractivity contribution in [2.45, 2.75) is 18.1 Å². The van der Waals surface area contributed by atoms with Gasteiger partial charge in [-0.15, -0.1) is 0 Å². The number of rotatable bonds is 6. The lowest BCUT2D eigenvalue weighted by molar-refractivity contribution is -0.119. The van der Waals surface area contributed by atoms with Crippen LogP contribution in [-0.4, -0.2) is 21.2 Å². The molecule has 0 saturated heterocycles. The molecule has 4 aromatic rings. The fourth-order valence-corrected chi connectivity index (χ4v) is 4.30. The molecule has 1 heterocycles. The smallest absolute Gasteiger partial charge is 0.266 e. The summed E-state index contributed by atoms with van der Waals surface area (Å²) < 4.78 is 1.51. The van der Waals surface area contributed by atoms with E-state index < -0.39 is 0 Å². The summed E-state index contributed by atoms with van der Waals surface area (Å²) >= 11 is 7.37. The quantitative estimate of drug-likeness (QED) is 0.332. The fraction of sp³-hybridized carbons (Fsp3) is 0.125. The topological polar surface area (TPSA) is 64.0 Å². The van der Waals surface area contributed by atoms with Crippen LogP contribution >= 0.6 is 23.4 Å². The Balaban J connectivity index is 1.63. The van der Waals surface area contributed by atoms with Crippen LogP contribution in [0.5, 0.6) is 0 Å². The van der Waals surface area contributed by atoms with E-state index in [1.807, 2.05) is 43.3 Å². The van der Waals surface area contributed by atoms with Crippen LogP contribution in [0.25, 0.3) is 16.6 Å². The molecule has 1 N–H and O–H groups in total. The molecular weight excluding hydrogens is 430 g/mol. The SMILES string of the molecule is C[C@H](NC(=O)CSc1nc2ccccc2c(=O)n1-c1cccc(Cl)c1)c1ccccc1. The van der Waals surface area contributed by atoms with Gasteiger partial charge in [0.25, 0.3) is 5.56 Å². The molecule has 0 radical (unpaired) electrons. The molecule has 7 heteroatoms. The van der Waals surface area contributed by atoms with Crippen LogP contribution in [0.1, 0.15) is 18.5 Å². The number of fused-ring (bicyclic) bond motifs is 1. The van der Waals surface area contributed by atoms with Crippen LogP contribution in [0.15, 0.2) is 88.8 Å². The minimum absolute atomic E-state index is 0.117. The maximum Gasteiger partial charge on any atom is 0.266 e. The molecule has 156 valence electrons. The van der Waals surface area contributed by atoms with Gasteiger partial charge in [0.2, 0.25) is 5.91 Å². The van der Waals surface area contributed by atoms with Crippen LogP contribution in [0, 0.1) is 0 Å². The molecule has 31 heavy (non-hydrogen) atoms. The molecule has 5 nitrogen and oxygen atoms in total. The van der Waals surface area contributed by atoms with Gasteiger partial charge in [-0.2, -0.15) is 0 Å². The van der Waals surface area contributed by atoms with E-state index in [4.69, 9.17) is 11.6 Å². The van der Waals surface area contributed by atoms with Crippen molar-refractivity contribution in [3.63, 3.8) is 0 Å². The average molecular weight is 450 g/mol. The number of amides is 1. The van der Waals surface area contributed by atoms with Gasteiger partial charge in [-0.05, 0) is 42.8 Å². The fourth-order valence-electron chi connectivity index (χ4n) is 3.29. The molecule has 0 spiro atoms. The maximum absolute atomic E-state index is 13.2. The Morgan fingerprint density at radius 2 is 1.81 bits per heavy atom. The van der Waals surface area contributed by atoms with Crippen molar-refractivity contribution in [3.05, 3.63) is 99.8 Å². The van der Waals surface area contributed by atoms with Gasteiger partial charge in [0.1, 0.15) is 0 Å². The van der Waals surface area contributed by atoms with Gasteiger partial charge in [-0.25, -0.2) is 4.98 Å². The Morgan fingerprint density at radius 3 is 2.58 bits per heavy atom. The molecule has 3 aromatic carbocycles. The first kappa shape index (κ1) is 21.2. The Morgan fingerprint density at radius 1 is 1.06 bits per heavy atom.